The molecular formula is C19H21FN2O2. The lowest BCUT2D eigenvalue weighted by molar-refractivity contribution is -0.117. The van der Waals surface area contributed by atoms with Gasteiger partial charge in [-0.2, -0.15) is 0 Å². The molecule has 2 aromatic rings. The summed E-state index contributed by atoms with van der Waals surface area (Å²) in [6.07, 6.45) is 1.02. The zero-order valence-electron chi connectivity index (χ0n) is 13.9. The predicted octanol–water partition coefficient (Wildman–Crippen LogP) is 3.77. The van der Waals surface area contributed by atoms with Gasteiger partial charge in [0.1, 0.15) is 5.82 Å². The van der Waals surface area contributed by atoms with E-state index >= 15 is 0 Å². The summed E-state index contributed by atoms with van der Waals surface area (Å²) in [5.41, 5.74) is 2.08. The predicted molar refractivity (Wildman–Crippen MR) is 93.5 cm³/mol. The van der Waals surface area contributed by atoms with E-state index in [1.165, 1.54) is 29.5 Å². The van der Waals surface area contributed by atoms with Crippen molar-refractivity contribution in [2.75, 3.05) is 16.8 Å². The Morgan fingerprint density at radius 3 is 2.33 bits per heavy atom. The molecule has 0 saturated carbocycles. The number of amides is 2. The number of aryl methyl sites for hydroxylation is 1. The Morgan fingerprint density at radius 1 is 1.08 bits per heavy atom. The largest absolute Gasteiger partial charge is 0.326 e. The Morgan fingerprint density at radius 2 is 1.75 bits per heavy atom. The molecule has 0 aliphatic rings. The van der Waals surface area contributed by atoms with Crippen LogP contribution in [-0.4, -0.2) is 18.4 Å². The zero-order valence-corrected chi connectivity index (χ0v) is 13.9. The summed E-state index contributed by atoms with van der Waals surface area (Å²) >= 11 is 0. The molecule has 2 aromatic carbocycles. The number of nitrogens with one attached hydrogen (secondary N) is 1. The summed E-state index contributed by atoms with van der Waals surface area (Å²) in [7, 11) is 0. The highest BCUT2D eigenvalue weighted by Crippen LogP contribution is 2.19. The average Bonchev–Trinajstić information content (AvgIpc) is 2.57. The molecule has 126 valence electrons. The van der Waals surface area contributed by atoms with Crippen molar-refractivity contribution in [2.24, 2.45) is 0 Å². The first-order valence-corrected chi connectivity index (χ1v) is 7.92. The van der Waals surface area contributed by atoms with Crippen LogP contribution in [0.25, 0.3) is 0 Å². The number of para-hydroxylation sites is 1. The molecule has 0 radical (unpaired) electrons. The third-order valence-corrected chi connectivity index (χ3v) is 3.73. The molecule has 0 saturated heterocycles. The first kappa shape index (κ1) is 17.7. The van der Waals surface area contributed by atoms with Crippen LogP contribution in [0.3, 0.4) is 0 Å². The molecule has 5 heteroatoms. The molecule has 1 N–H and O–H groups in total. The van der Waals surface area contributed by atoms with Crippen LogP contribution in [0.5, 0.6) is 0 Å². The van der Waals surface area contributed by atoms with Crippen molar-refractivity contribution in [3.63, 3.8) is 0 Å². The van der Waals surface area contributed by atoms with Gasteiger partial charge in [-0.15, -0.1) is 0 Å². The summed E-state index contributed by atoms with van der Waals surface area (Å²) in [4.78, 5) is 25.1. The van der Waals surface area contributed by atoms with Gasteiger partial charge in [-0.3, -0.25) is 9.59 Å². The summed E-state index contributed by atoms with van der Waals surface area (Å²) < 4.78 is 13.8. The molecule has 0 spiro atoms. The Labute approximate surface area is 141 Å². The zero-order chi connectivity index (χ0) is 17.5. The minimum atomic E-state index is -0.483. The molecule has 0 aromatic heterocycles. The highest BCUT2D eigenvalue weighted by atomic mass is 19.1. The smallest absolute Gasteiger partial charge is 0.226 e. The van der Waals surface area contributed by atoms with Gasteiger partial charge >= 0.3 is 0 Å². The number of halogens is 1. The van der Waals surface area contributed by atoms with E-state index in [0.717, 1.165) is 6.42 Å². The van der Waals surface area contributed by atoms with Crippen molar-refractivity contribution in [1.29, 1.82) is 0 Å². The van der Waals surface area contributed by atoms with Crippen molar-refractivity contribution in [1.82, 2.24) is 0 Å². The van der Waals surface area contributed by atoms with Crippen LogP contribution in [0, 0.1) is 5.82 Å². The number of rotatable bonds is 6. The molecule has 0 heterocycles. The standard InChI is InChI=1S/C19H21FN2O2/c1-3-15-8-10-16(11-9-15)21-19(24)12-13-22(14(2)23)18-7-5-4-6-17(18)20/h4-11H,3,12-13H2,1-2H3,(H,21,24). The summed E-state index contributed by atoms with van der Waals surface area (Å²) in [6.45, 7) is 3.54. The molecule has 0 unspecified atom stereocenters. The Bertz CT molecular complexity index is 714. The Balaban J connectivity index is 1.97. The fourth-order valence-corrected chi connectivity index (χ4v) is 2.38. The monoisotopic (exact) mass is 328 g/mol. The maximum atomic E-state index is 13.8. The number of hydrogen-bond acceptors (Lipinski definition) is 2. The van der Waals surface area contributed by atoms with E-state index in [1.54, 1.807) is 12.1 Å². The third-order valence-electron chi connectivity index (χ3n) is 3.73. The van der Waals surface area contributed by atoms with Crippen molar-refractivity contribution >= 4 is 23.2 Å². The first-order valence-electron chi connectivity index (χ1n) is 7.92. The number of carbonyl (C=O) groups excluding carboxylic acids is 2. The second-order valence-electron chi connectivity index (χ2n) is 5.47. The van der Waals surface area contributed by atoms with Gasteiger partial charge in [0, 0.05) is 25.6 Å². The minimum absolute atomic E-state index is 0.0867. The summed E-state index contributed by atoms with van der Waals surface area (Å²) in [6, 6.07) is 13.6. The van der Waals surface area contributed by atoms with Crippen LogP contribution in [0.2, 0.25) is 0 Å². The van der Waals surface area contributed by atoms with Crippen LogP contribution in [0.15, 0.2) is 48.5 Å². The average molecular weight is 328 g/mol. The number of carbonyl (C=O) groups is 2. The SMILES string of the molecule is CCc1ccc(NC(=O)CCN(C(C)=O)c2ccccc2F)cc1. The number of anilines is 2. The minimum Gasteiger partial charge on any atom is -0.326 e. The lowest BCUT2D eigenvalue weighted by Gasteiger charge is -2.21. The quantitative estimate of drug-likeness (QED) is 0.877. The van der Waals surface area contributed by atoms with E-state index in [2.05, 4.69) is 12.2 Å². The van der Waals surface area contributed by atoms with Crippen molar-refractivity contribution in [3.8, 4) is 0 Å². The van der Waals surface area contributed by atoms with Gasteiger partial charge in [0.15, 0.2) is 0 Å². The van der Waals surface area contributed by atoms with Crippen molar-refractivity contribution in [3.05, 3.63) is 59.9 Å². The van der Waals surface area contributed by atoms with Crippen molar-refractivity contribution in [2.45, 2.75) is 26.7 Å². The molecule has 2 amide bonds. The topological polar surface area (TPSA) is 49.4 Å². The van der Waals surface area contributed by atoms with Crippen LogP contribution in [0.4, 0.5) is 15.8 Å². The molecule has 2 rings (SSSR count). The van der Waals surface area contributed by atoms with Gasteiger partial charge in [0.05, 0.1) is 5.69 Å². The fraction of sp³-hybridized carbons (Fsp3) is 0.263. The Kier molecular flexibility index (Phi) is 6.07. The normalized spacial score (nSPS) is 10.3. The molecule has 0 aliphatic carbocycles. The van der Waals surface area contributed by atoms with Crippen LogP contribution >= 0.6 is 0 Å². The number of hydrogen-bond donors (Lipinski definition) is 1. The van der Waals surface area contributed by atoms with Gasteiger partial charge in [0.2, 0.25) is 11.8 Å². The van der Waals surface area contributed by atoms with Crippen LogP contribution in [0.1, 0.15) is 25.8 Å². The van der Waals surface area contributed by atoms with Gasteiger partial charge in [-0.25, -0.2) is 4.39 Å². The van der Waals surface area contributed by atoms with E-state index in [1.807, 2.05) is 24.3 Å². The van der Waals surface area contributed by atoms with Crippen LogP contribution < -0.4 is 10.2 Å². The maximum absolute atomic E-state index is 13.8. The Hall–Kier alpha value is -2.69. The number of nitrogens with zero attached hydrogens (tertiary/aromatic N) is 1. The van der Waals surface area contributed by atoms with Gasteiger partial charge in [0.25, 0.3) is 0 Å². The highest BCUT2D eigenvalue weighted by Gasteiger charge is 2.16. The second kappa shape index (κ2) is 8.24. The number of benzene rings is 2. The van der Waals surface area contributed by atoms with E-state index in [4.69, 9.17) is 0 Å². The maximum Gasteiger partial charge on any atom is 0.226 e. The molecular weight excluding hydrogens is 307 g/mol. The van der Waals surface area contributed by atoms with E-state index in [0.29, 0.717) is 5.69 Å². The van der Waals surface area contributed by atoms with E-state index in [9.17, 15) is 14.0 Å². The van der Waals surface area contributed by atoms with E-state index in [-0.39, 0.29) is 30.5 Å². The van der Waals surface area contributed by atoms with Crippen molar-refractivity contribution < 1.29 is 14.0 Å². The first-order chi connectivity index (χ1) is 11.5. The molecule has 4 nitrogen and oxygen atoms in total. The van der Waals surface area contributed by atoms with Gasteiger partial charge in [-0.1, -0.05) is 31.2 Å². The van der Waals surface area contributed by atoms with Gasteiger partial charge < -0.3 is 10.2 Å². The lowest BCUT2D eigenvalue weighted by Crippen LogP contribution is -2.32. The molecule has 0 aliphatic heterocycles. The van der Waals surface area contributed by atoms with Crippen LogP contribution in [-0.2, 0) is 16.0 Å². The van der Waals surface area contributed by atoms with E-state index < -0.39 is 5.82 Å². The molecule has 0 fully saturated rings. The van der Waals surface area contributed by atoms with Gasteiger partial charge in [-0.05, 0) is 36.2 Å². The third kappa shape index (κ3) is 4.65. The second-order valence-corrected chi connectivity index (χ2v) is 5.47. The lowest BCUT2D eigenvalue weighted by atomic mass is 10.1. The molecule has 0 bridgehead atoms. The summed E-state index contributed by atoms with van der Waals surface area (Å²) in [5, 5.41) is 2.78. The fourth-order valence-electron chi connectivity index (χ4n) is 2.38. The highest BCUT2D eigenvalue weighted by molar-refractivity contribution is 5.94. The summed E-state index contributed by atoms with van der Waals surface area (Å²) in [5.74, 6) is -1.01. The molecule has 24 heavy (non-hydrogen) atoms. The molecule has 0 atom stereocenters.